The number of imide groups is 1. The van der Waals surface area contributed by atoms with Gasteiger partial charge in [-0.05, 0) is 64.1 Å². The summed E-state index contributed by atoms with van der Waals surface area (Å²) in [4.78, 5) is 38.7. The molecule has 1 N–H and O–H groups in total. The number of benzene rings is 2. The van der Waals surface area contributed by atoms with Gasteiger partial charge >= 0.3 is 12.1 Å². The average Bonchev–Trinajstić information content (AvgIpc) is 2.67. The molecule has 0 unspecified atom stereocenters. The number of halogens is 2. The summed E-state index contributed by atoms with van der Waals surface area (Å²) in [6.45, 7) is 6.72. The maximum atomic E-state index is 13.3. The largest absolute Gasteiger partial charge is 0.467 e. The van der Waals surface area contributed by atoms with Crippen molar-refractivity contribution in [2.45, 2.75) is 39.3 Å². The lowest BCUT2D eigenvalue weighted by atomic mass is 10.1. The maximum absolute atomic E-state index is 13.3. The molecular formula is C22H24Cl2N2O5. The number of rotatable bonds is 5. The van der Waals surface area contributed by atoms with Crippen LogP contribution in [-0.2, 0) is 14.3 Å². The number of hydrogen-bond acceptors (Lipinski definition) is 6. The Bertz CT molecular complexity index is 951. The van der Waals surface area contributed by atoms with Gasteiger partial charge in [0, 0.05) is 5.69 Å². The number of ether oxygens (including phenoxy) is 2. The maximum Gasteiger partial charge on any atom is 0.422 e. The Hall–Kier alpha value is -2.77. The summed E-state index contributed by atoms with van der Waals surface area (Å²) in [6, 6.07) is 10.4. The first-order chi connectivity index (χ1) is 14.4. The molecule has 0 spiro atoms. The van der Waals surface area contributed by atoms with E-state index in [0.717, 1.165) is 4.90 Å². The molecule has 0 heterocycles. The van der Waals surface area contributed by atoms with Crippen molar-refractivity contribution in [1.29, 1.82) is 0 Å². The molecule has 0 saturated carbocycles. The first-order valence-electron chi connectivity index (χ1n) is 9.40. The zero-order valence-corrected chi connectivity index (χ0v) is 19.4. The predicted molar refractivity (Wildman–Crippen MR) is 121 cm³/mol. The van der Waals surface area contributed by atoms with Crippen LogP contribution in [0, 0.1) is 0 Å². The number of nitrogens with zero attached hydrogens (tertiary/aromatic N) is 1. The second kappa shape index (κ2) is 10.0. The van der Waals surface area contributed by atoms with Crippen molar-refractivity contribution in [3.05, 3.63) is 58.1 Å². The third-order valence-electron chi connectivity index (χ3n) is 4.02. The van der Waals surface area contributed by atoms with Crippen molar-refractivity contribution in [3.8, 4) is 0 Å². The Morgan fingerprint density at radius 2 is 1.55 bits per heavy atom. The second-order valence-electron chi connectivity index (χ2n) is 7.65. The smallest absolute Gasteiger partial charge is 0.422 e. The van der Waals surface area contributed by atoms with Gasteiger partial charge in [0.1, 0.15) is 11.6 Å². The Morgan fingerprint density at radius 3 is 2.03 bits per heavy atom. The van der Waals surface area contributed by atoms with Crippen LogP contribution in [-0.4, -0.2) is 36.7 Å². The van der Waals surface area contributed by atoms with Gasteiger partial charge in [-0.25, -0.2) is 14.5 Å². The Labute approximate surface area is 191 Å². The van der Waals surface area contributed by atoms with Gasteiger partial charge in [-0.2, -0.15) is 0 Å². The normalized spacial score (nSPS) is 12.0. The second-order valence-corrected chi connectivity index (χ2v) is 8.47. The van der Waals surface area contributed by atoms with E-state index >= 15 is 0 Å². The van der Waals surface area contributed by atoms with E-state index in [2.05, 4.69) is 10.1 Å². The van der Waals surface area contributed by atoms with Gasteiger partial charge in [0.15, 0.2) is 0 Å². The van der Waals surface area contributed by atoms with Crippen LogP contribution in [0.2, 0.25) is 10.0 Å². The minimum absolute atomic E-state index is 0.0155. The molecule has 1 atom stereocenters. The third kappa shape index (κ3) is 6.35. The Balaban J connectivity index is 2.42. The fourth-order valence-electron chi connectivity index (χ4n) is 2.62. The molecule has 2 amide bonds. The lowest BCUT2D eigenvalue weighted by Crippen LogP contribution is -2.41. The first kappa shape index (κ1) is 24.5. The predicted octanol–water partition coefficient (Wildman–Crippen LogP) is 5.55. The van der Waals surface area contributed by atoms with E-state index in [4.69, 9.17) is 27.9 Å². The van der Waals surface area contributed by atoms with Crippen molar-refractivity contribution < 1.29 is 23.9 Å². The first-order valence-corrected chi connectivity index (χ1v) is 10.2. The van der Waals surface area contributed by atoms with Crippen molar-refractivity contribution >= 4 is 52.5 Å². The number of anilines is 2. The van der Waals surface area contributed by atoms with Gasteiger partial charge in [-0.15, -0.1) is 0 Å². The summed E-state index contributed by atoms with van der Waals surface area (Å²) in [5, 5.41) is 3.18. The van der Waals surface area contributed by atoms with Crippen molar-refractivity contribution in [2.75, 3.05) is 17.3 Å². The summed E-state index contributed by atoms with van der Waals surface area (Å²) < 4.78 is 10.1. The zero-order chi connectivity index (χ0) is 23.3. The molecule has 0 fully saturated rings. The number of methoxy groups -OCH3 is 1. The van der Waals surface area contributed by atoms with Crippen LogP contribution < -0.4 is 10.2 Å². The van der Waals surface area contributed by atoms with Crippen molar-refractivity contribution in [3.63, 3.8) is 0 Å². The molecule has 2 aromatic carbocycles. The van der Waals surface area contributed by atoms with Gasteiger partial charge in [-0.1, -0.05) is 29.3 Å². The fourth-order valence-corrected chi connectivity index (χ4v) is 3.18. The van der Waals surface area contributed by atoms with Crippen molar-refractivity contribution in [2.24, 2.45) is 0 Å². The molecule has 0 aromatic heterocycles. The number of esters is 1. The molecule has 0 aliphatic rings. The lowest BCUT2D eigenvalue weighted by molar-refractivity contribution is -0.141. The van der Waals surface area contributed by atoms with Crippen LogP contribution in [0.25, 0.3) is 0 Å². The molecule has 0 saturated heterocycles. The molecule has 166 valence electrons. The van der Waals surface area contributed by atoms with Gasteiger partial charge in [-0.3, -0.25) is 4.79 Å². The molecule has 0 aliphatic carbocycles. The van der Waals surface area contributed by atoms with Crippen LogP contribution in [0.5, 0.6) is 0 Å². The number of carbonyl (C=O) groups excluding carboxylic acids is 3. The highest BCUT2D eigenvalue weighted by atomic mass is 35.5. The third-order valence-corrected chi connectivity index (χ3v) is 4.65. The molecule has 2 aromatic rings. The van der Waals surface area contributed by atoms with E-state index in [1.807, 2.05) is 0 Å². The topological polar surface area (TPSA) is 84.9 Å². The fraction of sp³-hybridized carbons (Fsp3) is 0.318. The number of hydrogen-bond donors (Lipinski definition) is 1. The monoisotopic (exact) mass is 466 g/mol. The average molecular weight is 467 g/mol. The molecule has 9 heteroatoms. The lowest BCUT2D eigenvalue weighted by Gasteiger charge is -2.27. The van der Waals surface area contributed by atoms with E-state index in [9.17, 15) is 14.4 Å². The van der Waals surface area contributed by atoms with Crippen molar-refractivity contribution in [1.82, 2.24) is 0 Å². The number of nitrogens with one attached hydrogen (secondary N) is 1. The van der Waals surface area contributed by atoms with Crippen LogP contribution in [0.4, 0.5) is 16.2 Å². The molecular weight excluding hydrogens is 443 g/mol. The van der Waals surface area contributed by atoms with E-state index < -0.39 is 29.6 Å². The summed E-state index contributed by atoms with van der Waals surface area (Å²) in [6.07, 6.45) is -0.878. The van der Waals surface area contributed by atoms with Crippen LogP contribution >= 0.6 is 23.2 Å². The molecule has 31 heavy (non-hydrogen) atoms. The summed E-state index contributed by atoms with van der Waals surface area (Å²) in [5.74, 6) is -1.16. The summed E-state index contributed by atoms with van der Waals surface area (Å²) in [5.41, 5.74) is -0.0177. The van der Waals surface area contributed by atoms with Gasteiger partial charge in [0.05, 0.1) is 28.4 Å². The summed E-state index contributed by atoms with van der Waals surface area (Å²) >= 11 is 12.4. The highest BCUT2D eigenvalue weighted by Gasteiger charge is 2.32. The van der Waals surface area contributed by atoms with E-state index in [1.165, 1.54) is 19.2 Å². The Morgan fingerprint density at radius 1 is 1.00 bits per heavy atom. The van der Waals surface area contributed by atoms with E-state index in [0.29, 0.717) is 5.69 Å². The zero-order valence-electron chi connectivity index (χ0n) is 17.9. The van der Waals surface area contributed by atoms with Gasteiger partial charge in [0.25, 0.3) is 5.91 Å². The minimum atomic E-state index is -0.878. The SMILES string of the molecule is COC(=O)[C@H](C)Nc1ccc(N(C(=O)OC(C)(C)C)C(=O)c2c(Cl)cccc2Cl)cc1. The molecule has 2 rings (SSSR count). The number of amides is 2. The van der Waals surface area contributed by atoms with E-state index in [-0.39, 0.29) is 21.3 Å². The highest BCUT2D eigenvalue weighted by molar-refractivity contribution is 6.41. The highest BCUT2D eigenvalue weighted by Crippen LogP contribution is 2.29. The molecule has 0 radical (unpaired) electrons. The Kier molecular flexibility index (Phi) is 7.92. The van der Waals surface area contributed by atoms with E-state index in [1.54, 1.807) is 58.0 Å². The molecule has 7 nitrogen and oxygen atoms in total. The van der Waals surface area contributed by atoms with Crippen LogP contribution in [0.3, 0.4) is 0 Å². The molecule has 0 aliphatic heterocycles. The van der Waals surface area contributed by atoms with Gasteiger partial charge in [0.2, 0.25) is 0 Å². The van der Waals surface area contributed by atoms with Crippen LogP contribution in [0.15, 0.2) is 42.5 Å². The minimum Gasteiger partial charge on any atom is -0.467 e. The number of carbonyl (C=O) groups is 3. The standard InChI is InChI=1S/C22H24Cl2N2O5/c1-13(20(28)30-5)25-14-9-11-15(12-10-14)26(21(29)31-22(2,3)4)19(27)18-16(23)7-6-8-17(18)24/h6-13,25H,1-5H3/t13-/m0/s1. The van der Waals surface area contributed by atoms with Crippen LogP contribution in [0.1, 0.15) is 38.1 Å². The quantitative estimate of drug-likeness (QED) is 0.581. The molecule has 0 bridgehead atoms. The summed E-state index contributed by atoms with van der Waals surface area (Å²) in [7, 11) is 1.30. The van der Waals surface area contributed by atoms with Gasteiger partial charge < -0.3 is 14.8 Å².